The summed E-state index contributed by atoms with van der Waals surface area (Å²) in [5.41, 5.74) is 8.69. The van der Waals surface area contributed by atoms with E-state index in [1.54, 1.807) is 0 Å². The predicted molar refractivity (Wildman–Crippen MR) is 78.0 cm³/mol. The summed E-state index contributed by atoms with van der Waals surface area (Å²) >= 11 is 0. The number of carbonyl (C=O) groups is 1. The molecule has 0 aliphatic heterocycles. The number of para-hydroxylation sites is 1. The van der Waals surface area contributed by atoms with Gasteiger partial charge in [-0.05, 0) is 23.6 Å². The second-order valence-corrected chi connectivity index (χ2v) is 4.46. The van der Waals surface area contributed by atoms with Crippen molar-refractivity contribution in [3.8, 4) is 0 Å². The van der Waals surface area contributed by atoms with Gasteiger partial charge in [0.1, 0.15) is 0 Å². The van der Waals surface area contributed by atoms with Crippen molar-refractivity contribution in [3.05, 3.63) is 65.7 Å². The molecule has 0 bridgehead atoms. The molecule has 0 fully saturated rings. The van der Waals surface area contributed by atoms with Gasteiger partial charge in [-0.2, -0.15) is 0 Å². The van der Waals surface area contributed by atoms with Crippen LogP contribution in [0.1, 0.15) is 17.5 Å². The Morgan fingerprint density at radius 2 is 1.68 bits per heavy atom. The molecule has 0 atom stereocenters. The molecule has 2 aromatic carbocycles. The lowest BCUT2D eigenvalue weighted by Crippen LogP contribution is -2.16. The standard InChI is InChI=1S/C16H18N2O/c17-16(19)10-11-18-15-9-5-4-8-14(15)12-13-6-2-1-3-7-13/h1-9,18H,10-12H2,(H2,17,19). The van der Waals surface area contributed by atoms with E-state index in [-0.39, 0.29) is 5.91 Å². The first-order valence-corrected chi connectivity index (χ1v) is 6.40. The molecule has 3 N–H and O–H groups in total. The number of amides is 1. The van der Waals surface area contributed by atoms with Gasteiger partial charge in [0.05, 0.1) is 0 Å². The molecule has 0 aromatic heterocycles. The molecule has 0 unspecified atom stereocenters. The molecule has 1 amide bonds. The van der Waals surface area contributed by atoms with Gasteiger partial charge < -0.3 is 11.1 Å². The fourth-order valence-electron chi connectivity index (χ4n) is 1.98. The number of nitrogens with one attached hydrogen (secondary N) is 1. The fraction of sp³-hybridized carbons (Fsp3) is 0.188. The third-order valence-corrected chi connectivity index (χ3v) is 2.94. The van der Waals surface area contributed by atoms with Gasteiger partial charge in [0.25, 0.3) is 0 Å². The highest BCUT2D eigenvalue weighted by molar-refractivity contribution is 5.74. The van der Waals surface area contributed by atoms with Crippen molar-refractivity contribution in [2.45, 2.75) is 12.8 Å². The minimum absolute atomic E-state index is 0.284. The van der Waals surface area contributed by atoms with Gasteiger partial charge in [-0.3, -0.25) is 4.79 Å². The summed E-state index contributed by atoms with van der Waals surface area (Å²) in [5.74, 6) is -0.284. The van der Waals surface area contributed by atoms with Crippen molar-refractivity contribution in [1.82, 2.24) is 0 Å². The predicted octanol–water partition coefficient (Wildman–Crippen LogP) is 2.56. The largest absolute Gasteiger partial charge is 0.384 e. The van der Waals surface area contributed by atoms with Crippen molar-refractivity contribution in [2.75, 3.05) is 11.9 Å². The van der Waals surface area contributed by atoms with Gasteiger partial charge >= 0.3 is 0 Å². The Hall–Kier alpha value is -2.29. The SMILES string of the molecule is NC(=O)CCNc1ccccc1Cc1ccccc1. The number of primary amides is 1. The van der Waals surface area contributed by atoms with Crippen LogP contribution in [0.3, 0.4) is 0 Å². The van der Waals surface area contributed by atoms with E-state index in [0.717, 1.165) is 12.1 Å². The summed E-state index contributed by atoms with van der Waals surface area (Å²) in [7, 11) is 0. The average molecular weight is 254 g/mol. The lowest BCUT2D eigenvalue weighted by molar-refractivity contribution is -0.117. The Bertz CT molecular complexity index is 537. The van der Waals surface area contributed by atoms with E-state index < -0.39 is 0 Å². The summed E-state index contributed by atoms with van der Waals surface area (Å²) in [5, 5.41) is 3.26. The first-order chi connectivity index (χ1) is 9.25. The van der Waals surface area contributed by atoms with Crippen LogP contribution in [0.4, 0.5) is 5.69 Å². The zero-order valence-electron chi connectivity index (χ0n) is 10.8. The van der Waals surface area contributed by atoms with Crippen LogP contribution in [0.15, 0.2) is 54.6 Å². The van der Waals surface area contributed by atoms with E-state index in [2.05, 4.69) is 23.5 Å². The van der Waals surface area contributed by atoms with Crippen LogP contribution in [-0.2, 0) is 11.2 Å². The van der Waals surface area contributed by atoms with E-state index in [4.69, 9.17) is 5.73 Å². The van der Waals surface area contributed by atoms with Gasteiger partial charge in [-0.1, -0.05) is 48.5 Å². The number of hydrogen-bond donors (Lipinski definition) is 2. The van der Waals surface area contributed by atoms with Gasteiger partial charge in [-0.25, -0.2) is 0 Å². The van der Waals surface area contributed by atoms with E-state index >= 15 is 0 Å². The normalized spacial score (nSPS) is 10.1. The second kappa shape index (κ2) is 6.59. The van der Waals surface area contributed by atoms with Gasteiger partial charge in [-0.15, -0.1) is 0 Å². The third kappa shape index (κ3) is 4.14. The quantitative estimate of drug-likeness (QED) is 0.832. The molecule has 19 heavy (non-hydrogen) atoms. The maximum Gasteiger partial charge on any atom is 0.219 e. The number of nitrogens with two attached hydrogens (primary N) is 1. The number of rotatable bonds is 6. The molecule has 0 aliphatic carbocycles. The molecular weight excluding hydrogens is 236 g/mol. The molecule has 0 saturated carbocycles. The minimum Gasteiger partial charge on any atom is -0.384 e. The monoisotopic (exact) mass is 254 g/mol. The molecule has 0 saturated heterocycles. The third-order valence-electron chi connectivity index (χ3n) is 2.94. The Kier molecular flexibility index (Phi) is 4.56. The van der Waals surface area contributed by atoms with Crippen molar-refractivity contribution in [3.63, 3.8) is 0 Å². The molecule has 3 heteroatoms. The van der Waals surface area contributed by atoms with Crippen LogP contribution < -0.4 is 11.1 Å². The smallest absolute Gasteiger partial charge is 0.219 e. The molecule has 3 nitrogen and oxygen atoms in total. The zero-order chi connectivity index (χ0) is 13.5. The Morgan fingerprint density at radius 3 is 2.42 bits per heavy atom. The van der Waals surface area contributed by atoms with Crippen molar-refractivity contribution >= 4 is 11.6 Å². The second-order valence-electron chi connectivity index (χ2n) is 4.46. The van der Waals surface area contributed by atoms with Crippen molar-refractivity contribution in [1.29, 1.82) is 0 Å². The van der Waals surface area contributed by atoms with Crippen LogP contribution in [0.2, 0.25) is 0 Å². The van der Waals surface area contributed by atoms with E-state index in [1.807, 2.05) is 36.4 Å². The topological polar surface area (TPSA) is 55.1 Å². The van der Waals surface area contributed by atoms with E-state index in [1.165, 1.54) is 11.1 Å². The maximum absolute atomic E-state index is 10.7. The summed E-state index contributed by atoms with van der Waals surface area (Å²) in [6.07, 6.45) is 1.22. The maximum atomic E-state index is 10.7. The fourth-order valence-corrected chi connectivity index (χ4v) is 1.98. The first-order valence-electron chi connectivity index (χ1n) is 6.40. The molecule has 2 rings (SSSR count). The van der Waals surface area contributed by atoms with Crippen LogP contribution in [0.5, 0.6) is 0 Å². The highest BCUT2D eigenvalue weighted by atomic mass is 16.1. The lowest BCUT2D eigenvalue weighted by atomic mass is 10.0. The number of carbonyl (C=O) groups excluding carboxylic acids is 1. The zero-order valence-corrected chi connectivity index (χ0v) is 10.8. The number of anilines is 1. The minimum atomic E-state index is -0.284. The lowest BCUT2D eigenvalue weighted by Gasteiger charge is -2.11. The Labute approximate surface area is 113 Å². The van der Waals surface area contributed by atoms with Crippen molar-refractivity contribution < 1.29 is 4.79 Å². The van der Waals surface area contributed by atoms with Gasteiger partial charge in [0, 0.05) is 18.7 Å². The summed E-state index contributed by atoms with van der Waals surface area (Å²) in [6, 6.07) is 18.5. The Morgan fingerprint density at radius 1 is 1.00 bits per heavy atom. The van der Waals surface area contributed by atoms with Gasteiger partial charge in [0.2, 0.25) is 5.91 Å². The van der Waals surface area contributed by atoms with Crippen LogP contribution >= 0.6 is 0 Å². The molecule has 98 valence electrons. The van der Waals surface area contributed by atoms with Crippen LogP contribution in [-0.4, -0.2) is 12.5 Å². The molecule has 0 aliphatic rings. The summed E-state index contributed by atoms with van der Waals surface area (Å²) in [6.45, 7) is 0.571. The highest BCUT2D eigenvalue weighted by Crippen LogP contribution is 2.18. The molecule has 0 radical (unpaired) electrons. The average Bonchev–Trinajstić information content (AvgIpc) is 2.41. The molecule has 0 spiro atoms. The van der Waals surface area contributed by atoms with Crippen LogP contribution in [0.25, 0.3) is 0 Å². The van der Waals surface area contributed by atoms with E-state index in [0.29, 0.717) is 13.0 Å². The van der Waals surface area contributed by atoms with Gasteiger partial charge in [0.15, 0.2) is 0 Å². The number of benzene rings is 2. The summed E-state index contributed by atoms with van der Waals surface area (Å²) in [4.78, 5) is 10.7. The summed E-state index contributed by atoms with van der Waals surface area (Å²) < 4.78 is 0. The van der Waals surface area contributed by atoms with E-state index in [9.17, 15) is 4.79 Å². The molecule has 2 aromatic rings. The first kappa shape index (κ1) is 13.1. The highest BCUT2D eigenvalue weighted by Gasteiger charge is 2.03. The Balaban J connectivity index is 2.06. The molecule has 0 heterocycles. The molecular formula is C16H18N2O. The van der Waals surface area contributed by atoms with Crippen molar-refractivity contribution in [2.24, 2.45) is 5.73 Å². The number of hydrogen-bond acceptors (Lipinski definition) is 2. The van der Waals surface area contributed by atoms with Crippen LogP contribution in [0, 0.1) is 0 Å².